The number of ether oxygens (including phenoxy) is 1. The van der Waals surface area contributed by atoms with Gasteiger partial charge < -0.3 is 14.6 Å². The van der Waals surface area contributed by atoms with Gasteiger partial charge in [0.05, 0.1) is 22.9 Å². The fourth-order valence-corrected chi connectivity index (χ4v) is 2.93. The van der Waals surface area contributed by atoms with Crippen molar-refractivity contribution in [1.29, 1.82) is 5.26 Å². The van der Waals surface area contributed by atoms with E-state index in [0.29, 0.717) is 35.3 Å². The molecule has 3 aromatic rings. The molecule has 8 heteroatoms. The number of rotatable bonds is 9. The predicted octanol–water partition coefficient (Wildman–Crippen LogP) is 2.95. The molecule has 1 heterocycles. The molecule has 0 aliphatic carbocycles. The van der Waals surface area contributed by atoms with Crippen LogP contribution in [0, 0.1) is 11.3 Å². The van der Waals surface area contributed by atoms with Gasteiger partial charge in [0, 0.05) is 6.54 Å². The number of halogens is 2. The van der Waals surface area contributed by atoms with E-state index in [-0.39, 0.29) is 12.5 Å². The first-order valence-electron chi connectivity index (χ1n) is 9.12. The summed E-state index contributed by atoms with van der Waals surface area (Å²) in [7, 11) is 0. The predicted molar refractivity (Wildman–Crippen MR) is 104 cm³/mol. The third-order valence-electron chi connectivity index (χ3n) is 4.38. The number of nitrogens with one attached hydrogen (secondary N) is 1. The second kappa shape index (κ2) is 9.64. The van der Waals surface area contributed by atoms with Gasteiger partial charge in [0.25, 0.3) is 0 Å². The maximum atomic E-state index is 12.5. The monoisotopic (exact) mass is 398 g/mol. The van der Waals surface area contributed by atoms with Crippen molar-refractivity contribution in [2.24, 2.45) is 0 Å². The van der Waals surface area contributed by atoms with Crippen LogP contribution in [0.5, 0.6) is 5.75 Å². The van der Waals surface area contributed by atoms with Crippen LogP contribution < -0.4 is 10.1 Å². The number of hydrogen-bond acceptors (Lipinski definition) is 4. The second-order valence-electron chi connectivity index (χ2n) is 6.45. The zero-order chi connectivity index (χ0) is 20.6. The van der Waals surface area contributed by atoms with Crippen molar-refractivity contribution in [3.8, 4) is 11.8 Å². The van der Waals surface area contributed by atoms with Crippen LogP contribution in [-0.4, -0.2) is 41.5 Å². The van der Waals surface area contributed by atoms with Crippen LogP contribution in [0.4, 0.5) is 8.78 Å². The number of alkyl halides is 2. The molecule has 0 spiro atoms. The molecular formula is C21H20F2N4O2. The number of carbonyl (C=O) groups excluding carboxylic acids is 1. The lowest BCUT2D eigenvalue weighted by molar-refractivity contribution is -0.121. The van der Waals surface area contributed by atoms with Gasteiger partial charge in [0.15, 0.2) is 6.10 Å². The number of para-hydroxylation sites is 1. The van der Waals surface area contributed by atoms with Gasteiger partial charge in [-0.15, -0.1) is 0 Å². The molecule has 0 saturated carbocycles. The van der Waals surface area contributed by atoms with Crippen LogP contribution in [0.3, 0.4) is 0 Å². The molecule has 1 aromatic heterocycles. The Bertz CT molecular complexity index is 1010. The minimum atomic E-state index is -1.08. The van der Waals surface area contributed by atoms with Gasteiger partial charge in [-0.05, 0) is 36.2 Å². The number of fused-ring (bicyclic) bond motifs is 1. The fourth-order valence-electron chi connectivity index (χ4n) is 2.93. The van der Waals surface area contributed by atoms with Crippen molar-refractivity contribution in [2.75, 3.05) is 19.9 Å². The molecule has 1 amide bonds. The summed E-state index contributed by atoms with van der Waals surface area (Å²) in [4.78, 5) is 16.5. The second-order valence-corrected chi connectivity index (χ2v) is 6.45. The van der Waals surface area contributed by atoms with Gasteiger partial charge in [-0.1, -0.05) is 18.2 Å². The van der Waals surface area contributed by atoms with Gasteiger partial charge in [0.1, 0.15) is 31.7 Å². The number of nitriles is 1. The smallest absolute Gasteiger partial charge is 0.240 e. The Hall–Kier alpha value is -3.47. The molecule has 29 heavy (non-hydrogen) atoms. The van der Waals surface area contributed by atoms with Crippen molar-refractivity contribution >= 4 is 16.9 Å². The molecule has 0 radical (unpaired) electrons. The highest BCUT2D eigenvalue weighted by Gasteiger charge is 2.11. The number of nitrogens with zero attached hydrogens (tertiary/aromatic N) is 3. The highest BCUT2D eigenvalue weighted by atomic mass is 19.1. The lowest BCUT2D eigenvalue weighted by Gasteiger charge is -2.13. The van der Waals surface area contributed by atoms with E-state index >= 15 is 0 Å². The van der Waals surface area contributed by atoms with Crippen LogP contribution in [0.15, 0.2) is 48.8 Å². The van der Waals surface area contributed by atoms with E-state index in [2.05, 4.69) is 16.4 Å². The van der Waals surface area contributed by atoms with E-state index < -0.39 is 19.5 Å². The topological polar surface area (TPSA) is 79.9 Å². The molecule has 0 fully saturated rings. The van der Waals surface area contributed by atoms with Crippen molar-refractivity contribution in [3.05, 3.63) is 59.9 Å². The first kappa shape index (κ1) is 20.3. The molecule has 0 atom stereocenters. The molecular weight excluding hydrogens is 378 g/mol. The first-order chi connectivity index (χ1) is 14.1. The lowest BCUT2D eigenvalue weighted by atomic mass is 10.1. The van der Waals surface area contributed by atoms with Gasteiger partial charge in [-0.25, -0.2) is 13.8 Å². The summed E-state index contributed by atoms with van der Waals surface area (Å²) in [6.07, 6.45) is 1.06. The molecule has 1 N–H and O–H groups in total. The molecule has 0 saturated heterocycles. The van der Waals surface area contributed by atoms with E-state index in [1.165, 1.54) is 0 Å². The van der Waals surface area contributed by atoms with Crippen LogP contribution in [0.2, 0.25) is 0 Å². The van der Waals surface area contributed by atoms with Crippen molar-refractivity contribution < 1.29 is 18.3 Å². The average Bonchev–Trinajstić information content (AvgIpc) is 3.16. The summed E-state index contributed by atoms with van der Waals surface area (Å²) < 4.78 is 31.8. The molecule has 0 unspecified atom stereocenters. The normalized spacial score (nSPS) is 10.8. The number of benzene rings is 2. The summed E-state index contributed by atoms with van der Waals surface area (Å²) in [5, 5.41) is 12.1. The van der Waals surface area contributed by atoms with Crippen molar-refractivity contribution in [3.63, 3.8) is 0 Å². The molecule has 0 aliphatic rings. The Morgan fingerprint density at radius 2 is 1.97 bits per heavy atom. The lowest BCUT2D eigenvalue weighted by Crippen LogP contribution is -2.29. The Morgan fingerprint density at radius 1 is 1.21 bits per heavy atom. The maximum Gasteiger partial charge on any atom is 0.240 e. The highest BCUT2D eigenvalue weighted by molar-refractivity contribution is 5.84. The van der Waals surface area contributed by atoms with Gasteiger partial charge >= 0.3 is 0 Å². The average molecular weight is 398 g/mol. The molecule has 6 nitrogen and oxygen atoms in total. The van der Waals surface area contributed by atoms with Crippen LogP contribution in [0.25, 0.3) is 11.0 Å². The van der Waals surface area contributed by atoms with Crippen molar-refractivity contribution in [2.45, 2.75) is 19.1 Å². The highest BCUT2D eigenvalue weighted by Crippen LogP contribution is 2.17. The number of hydrogen-bond donors (Lipinski definition) is 1. The van der Waals surface area contributed by atoms with E-state index in [1.54, 1.807) is 53.4 Å². The van der Waals surface area contributed by atoms with E-state index in [9.17, 15) is 18.8 Å². The standard InChI is InChI=1S/C21H20F2N4O2/c22-10-18(11-23)29-17-6-4-15(5-7-17)8-9-25-20(28)13-27-14-26-19-3-1-2-16(12-24)21(19)27/h1-7,14,18H,8-11,13H2,(H,25,28). The molecule has 0 aliphatic heterocycles. The van der Waals surface area contributed by atoms with E-state index in [0.717, 1.165) is 5.56 Å². The van der Waals surface area contributed by atoms with E-state index in [4.69, 9.17) is 4.74 Å². The first-order valence-corrected chi connectivity index (χ1v) is 9.12. The summed E-state index contributed by atoms with van der Waals surface area (Å²) >= 11 is 0. The number of aromatic nitrogens is 2. The Kier molecular flexibility index (Phi) is 6.74. The Labute approximate surface area is 166 Å². The maximum absolute atomic E-state index is 12.5. The minimum absolute atomic E-state index is 0.0653. The largest absolute Gasteiger partial charge is 0.485 e. The quantitative estimate of drug-likeness (QED) is 0.601. The Balaban J connectivity index is 1.51. The van der Waals surface area contributed by atoms with Gasteiger partial charge in [0.2, 0.25) is 5.91 Å². The van der Waals surface area contributed by atoms with Crippen LogP contribution in [-0.2, 0) is 17.8 Å². The van der Waals surface area contributed by atoms with Crippen LogP contribution in [0.1, 0.15) is 11.1 Å². The summed E-state index contributed by atoms with van der Waals surface area (Å²) in [6, 6.07) is 14.2. The number of imidazole rings is 1. The summed E-state index contributed by atoms with van der Waals surface area (Å²) in [6.45, 7) is -1.27. The minimum Gasteiger partial charge on any atom is -0.485 e. The molecule has 0 bridgehead atoms. The Morgan fingerprint density at radius 3 is 2.66 bits per heavy atom. The van der Waals surface area contributed by atoms with Gasteiger partial charge in [-0.2, -0.15) is 5.26 Å². The fraction of sp³-hybridized carbons (Fsp3) is 0.286. The van der Waals surface area contributed by atoms with Gasteiger partial charge in [-0.3, -0.25) is 4.79 Å². The van der Waals surface area contributed by atoms with Crippen molar-refractivity contribution in [1.82, 2.24) is 14.9 Å². The van der Waals surface area contributed by atoms with Crippen LogP contribution >= 0.6 is 0 Å². The third kappa shape index (κ3) is 5.08. The molecule has 150 valence electrons. The molecule has 3 rings (SSSR count). The summed E-state index contributed by atoms with van der Waals surface area (Å²) in [5.74, 6) is 0.212. The zero-order valence-corrected chi connectivity index (χ0v) is 15.6. The number of amides is 1. The SMILES string of the molecule is N#Cc1cccc2ncn(CC(=O)NCCc3ccc(OC(CF)CF)cc3)c12. The summed E-state index contributed by atoms with van der Waals surface area (Å²) in [5.41, 5.74) is 2.73. The zero-order valence-electron chi connectivity index (χ0n) is 15.6. The third-order valence-corrected chi connectivity index (χ3v) is 4.38. The number of carbonyl (C=O) groups is 1. The van der Waals surface area contributed by atoms with E-state index in [1.807, 2.05) is 0 Å². The molecule has 2 aromatic carbocycles.